The number of nitrogens with one attached hydrogen (secondary N) is 1. The number of hydrogen-bond donors (Lipinski definition) is 1. The van der Waals surface area contributed by atoms with Gasteiger partial charge in [0.25, 0.3) is 5.91 Å². The average molecular weight is 398 g/mol. The Hall–Kier alpha value is -3.35. The smallest absolute Gasteiger partial charge is 0.412 e. The zero-order valence-electron chi connectivity index (χ0n) is 17.3. The monoisotopic (exact) mass is 398 g/mol. The Labute approximate surface area is 170 Å². The van der Waals surface area contributed by atoms with E-state index in [1.54, 1.807) is 71.3 Å². The fourth-order valence-electron chi connectivity index (χ4n) is 2.41. The van der Waals surface area contributed by atoms with Crippen LogP contribution in [-0.2, 0) is 14.3 Å². The first-order chi connectivity index (χ1) is 13.6. The van der Waals surface area contributed by atoms with Crippen LogP contribution in [0.15, 0.2) is 54.6 Å². The zero-order valence-corrected chi connectivity index (χ0v) is 17.3. The van der Waals surface area contributed by atoms with E-state index >= 15 is 0 Å². The minimum absolute atomic E-state index is 0.257. The average Bonchev–Trinajstić information content (AvgIpc) is 2.65. The van der Waals surface area contributed by atoms with Gasteiger partial charge in [0.2, 0.25) is 6.10 Å². The van der Waals surface area contributed by atoms with Crippen LogP contribution in [0.2, 0.25) is 0 Å². The molecule has 2 amide bonds. The predicted octanol–water partition coefficient (Wildman–Crippen LogP) is 4.02. The molecule has 29 heavy (non-hydrogen) atoms. The number of rotatable bonds is 5. The third kappa shape index (κ3) is 6.64. The maximum absolute atomic E-state index is 12.6. The van der Waals surface area contributed by atoms with Gasteiger partial charge < -0.3 is 14.4 Å². The molecule has 1 unspecified atom stereocenters. The van der Waals surface area contributed by atoms with Gasteiger partial charge in [0.15, 0.2) is 0 Å². The van der Waals surface area contributed by atoms with Gasteiger partial charge in [0.05, 0.1) is 5.56 Å². The summed E-state index contributed by atoms with van der Waals surface area (Å²) in [5.41, 5.74) is 0.703. The zero-order chi connectivity index (χ0) is 21.6. The molecule has 2 aromatic rings. The number of likely N-dealkylation sites (N-methyl/N-ethyl adjacent to an activating group) is 1. The maximum Gasteiger partial charge on any atom is 0.412 e. The van der Waals surface area contributed by atoms with E-state index in [4.69, 9.17) is 9.47 Å². The summed E-state index contributed by atoms with van der Waals surface area (Å²) in [4.78, 5) is 38.3. The van der Waals surface area contributed by atoms with Crippen molar-refractivity contribution in [3.8, 4) is 0 Å². The van der Waals surface area contributed by atoms with E-state index in [0.717, 1.165) is 0 Å². The Kier molecular flexibility index (Phi) is 6.98. The molecule has 7 heteroatoms. The van der Waals surface area contributed by atoms with Crippen LogP contribution >= 0.6 is 0 Å². The van der Waals surface area contributed by atoms with E-state index in [1.807, 2.05) is 6.07 Å². The maximum atomic E-state index is 12.6. The number of nitrogens with zero attached hydrogens (tertiary/aromatic N) is 1. The summed E-state index contributed by atoms with van der Waals surface area (Å²) in [5.74, 6) is -0.981. The highest BCUT2D eigenvalue weighted by molar-refractivity contribution is 5.93. The van der Waals surface area contributed by atoms with E-state index in [2.05, 4.69) is 5.32 Å². The Morgan fingerprint density at radius 2 is 1.52 bits per heavy atom. The molecule has 1 N–H and O–H groups in total. The highest BCUT2D eigenvalue weighted by Crippen LogP contribution is 2.22. The number of amides is 2. The first kappa shape index (κ1) is 21.9. The Morgan fingerprint density at radius 1 is 0.931 bits per heavy atom. The molecule has 0 aliphatic rings. The number of hydrogen-bond acceptors (Lipinski definition) is 5. The highest BCUT2D eigenvalue weighted by Gasteiger charge is 2.27. The van der Waals surface area contributed by atoms with Gasteiger partial charge in [-0.1, -0.05) is 30.3 Å². The molecule has 2 aromatic carbocycles. The Balaban J connectivity index is 2.10. The van der Waals surface area contributed by atoms with E-state index in [1.165, 1.54) is 17.0 Å². The third-order valence-corrected chi connectivity index (χ3v) is 3.76. The molecule has 7 nitrogen and oxygen atoms in total. The molecule has 154 valence electrons. The summed E-state index contributed by atoms with van der Waals surface area (Å²) >= 11 is 0. The van der Waals surface area contributed by atoms with E-state index in [-0.39, 0.29) is 11.5 Å². The second-order valence-electron chi connectivity index (χ2n) is 7.63. The van der Waals surface area contributed by atoms with E-state index < -0.39 is 23.8 Å². The van der Waals surface area contributed by atoms with Crippen molar-refractivity contribution >= 4 is 23.7 Å². The predicted molar refractivity (Wildman–Crippen MR) is 110 cm³/mol. The number of esters is 1. The van der Waals surface area contributed by atoms with Gasteiger partial charge in [0.1, 0.15) is 5.60 Å². The SMILES string of the molecule is CN(C)C(=O)C(OC(=O)c1ccc(NC(=O)OC(C)(C)C)cc1)c1ccccc1. The summed E-state index contributed by atoms with van der Waals surface area (Å²) in [6.45, 7) is 5.30. The standard InChI is InChI=1S/C22H26N2O5/c1-22(2,3)29-21(27)23-17-13-11-16(12-14-17)20(26)28-18(19(25)24(4)5)15-9-7-6-8-10-15/h6-14,18H,1-5H3,(H,23,27). The fourth-order valence-corrected chi connectivity index (χ4v) is 2.41. The van der Waals surface area contributed by atoms with Crippen molar-refractivity contribution < 1.29 is 23.9 Å². The molecule has 0 aromatic heterocycles. The van der Waals surface area contributed by atoms with Crippen LogP contribution < -0.4 is 5.32 Å². The normalized spacial score (nSPS) is 11.9. The van der Waals surface area contributed by atoms with Gasteiger partial charge in [-0.25, -0.2) is 9.59 Å². The van der Waals surface area contributed by atoms with Crippen molar-refractivity contribution in [2.24, 2.45) is 0 Å². The van der Waals surface area contributed by atoms with Crippen molar-refractivity contribution in [1.82, 2.24) is 4.90 Å². The molecule has 0 saturated heterocycles. The van der Waals surface area contributed by atoms with Crippen LogP contribution in [0.25, 0.3) is 0 Å². The second-order valence-corrected chi connectivity index (χ2v) is 7.63. The molecule has 0 spiro atoms. The number of carbonyl (C=O) groups excluding carboxylic acids is 3. The Bertz CT molecular complexity index is 855. The quantitative estimate of drug-likeness (QED) is 0.769. The molecule has 0 heterocycles. The van der Waals surface area contributed by atoms with Crippen molar-refractivity contribution in [3.05, 3.63) is 65.7 Å². The molecule has 1 atom stereocenters. The van der Waals surface area contributed by atoms with Crippen molar-refractivity contribution in [3.63, 3.8) is 0 Å². The Morgan fingerprint density at radius 3 is 2.03 bits per heavy atom. The van der Waals surface area contributed by atoms with Crippen molar-refractivity contribution in [2.45, 2.75) is 32.5 Å². The summed E-state index contributed by atoms with van der Waals surface area (Å²) in [6, 6.07) is 15.0. The molecule has 0 saturated carbocycles. The van der Waals surface area contributed by atoms with Gasteiger partial charge in [-0.15, -0.1) is 0 Å². The van der Waals surface area contributed by atoms with Crippen LogP contribution in [0, 0.1) is 0 Å². The van der Waals surface area contributed by atoms with E-state index in [9.17, 15) is 14.4 Å². The highest BCUT2D eigenvalue weighted by atomic mass is 16.6. The van der Waals surface area contributed by atoms with Crippen LogP contribution in [0.1, 0.15) is 42.8 Å². The van der Waals surface area contributed by atoms with Crippen molar-refractivity contribution in [1.29, 1.82) is 0 Å². The minimum Gasteiger partial charge on any atom is -0.444 e. The topological polar surface area (TPSA) is 84.9 Å². The van der Waals surface area contributed by atoms with Crippen LogP contribution in [0.3, 0.4) is 0 Å². The fraction of sp³-hybridized carbons (Fsp3) is 0.318. The lowest BCUT2D eigenvalue weighted by molar-refractivity contribution is -0.138. The summed E-state index contributed by atoms with van der Waals surface area (Å²) in [6.07, 6.45) is -1.63. The van der Waals surface area contributed by atoms with Gasteiger partial charge in [-0.05, 0) is 45.0 Å². The van der Waals surface area contributed by atoms with E-state index in [0.29, 0.717) is 11.3 Å². The third-order valence-electron chi connectivity index (χ3n) is 3.76. The lowest BCUT2D eigenvalue weighted by atomic mass is 10.1. The first-order valence-corrected chi connectivity index (χ1v) is 9.14. The van der Waals surface area contributed by atoms with Gasteiger partial charge >= 0.3 is 12.1 Å². The van der Waals surface area contributed by atoms with Crippen LogP contribution in [0.5, 0.6) is 0 Å². The molecular formula is C22H26N2O5. The number of carbonyl (C=O) groups is 3. The molecule has 0 bridgehead atoms. The minimum atomic E-state index is -1.04. The molecule has 0 aliphatic heterocycles. The molecule has 0 aliphatic carbocycles. The largest absolute Gasteiger partial charge is 0.444 e. The summed E-state index contributed by atoms with van der Waals surface area (Å²) in [7, 11) is 3.20. The van der Waals surface area contributed by atoms with Gasteiger partial charge in [0, 0.05) is 25.3 Å². The summed E-state index contributed by atoms with van der Waals surface area (Å²) < 4.78 is 10.7. The molecule has 0 fully saturated rings. The molecule has 2 rings (SSSR count). The molecular weight excluding hydrogens is 372 g/mol. The number of benzene rings is 2. The summed E-state index contributed by atoms with van der Waals surface area (Å²) in [5, 5.41) is 2.59. The number of ether oxygens (including phenoxy) is 2. The van der Waals surface area contributed by atoms with Crippen molar-refractivity contribution in [2.75, 3.05) is 19.4 Å². The first-order valence-electron chi connectivity index (χ1n) is 9.14. The molecule has 0 radical (unpaired) electrons. The van der Waals surface area contributed by atoms with Crippen LogP contribution in [0.4, 0.5) is 10.5 Å². The number of anilines is 1. The van der Waals surface area contributed by atoms with Gasteiger partial charge in [-0.2, -0.15) is 0 Å². The lowest BCUT2D eigenvalue weighted by Crippen LogP contribution is -2.31. The van der Waals surface area contributed by atoms with Crippen LogP contribution in [-0.4, -0.2) is 42.6 Å². The lowest BCUT2D eigenvalue weighted by Gasteiger charge is -2.21. The second kappa shape index (κ2) is 9.23. The van der Waals surface area contributed by atoms with Gasteiger partial charge in [-0.3, -0.25) is 10.1 Å².